The maximum absolute atomic E-state index is 12.3. The molecule has 2 saturated heterocycles. The van der Waals surface area contributed by atoms with Gasteiger partial charge in [0.1, 0.15) is 5.60 Å². The minimum Gasteiger partial charge on any atom is -0.481 e. The molecular weight excluding hydrogens is 524 g/mol. The Bertz CT molecular complexity index is 1070. The van der Waals surface area contributed by atoms with Crippen LogP contribution in [-0.2, 0) is 26.2 Å². The van der Waals surface area contributed by atoms with Crippen molar-refractivity contribution in [3.8, 4) is 0 Å². The van der Waals surface area contributed by atoms with E-state index in [9.17, 15) is 19.2 Å². The van der Waals surface area contributed by atoms with Crippen molar-refractivity contribution in [2.45, 2.75) is 88.9 Å². The fraction of sp³-hybridized carbons (Fsp3) is 0.741. The summed E-state index contributed by atoms with van der Waals surface area (Å²) in [5.74, 6) is -4.37. The van der Waals surface area contributed by atoms with Crippen LogP contribution in [0.2, 0.25) is 0 Å². The second-order valence-electron chi connectivity index (χ2n) is 12.4. The Balaban J connectivity index is 0.000000289. The summed E-state index contributed by atoms with van der Waals surface area (Å²) >= 11 is 0. The number of aliphatic carboxylic acids is 3. The van der Waals surface area contributed by atoms with Gasteiger partial charge in [-0.1, -0.05) is 0 Å². The van der Waals surface area contributed by atoms with Gasteiger partial charge in [0.15, 0.2) is 5.60 Å². The van der Waals surface area contributed by atoms with Crippen molar-refractivity contribution >= 4 is 24.0 Å². The van der Waals surface area contributed by atoms with E-state index < -0.39 is 42.0 Å². The second kappa shape index (κ2) is 12.1. The fourth-order valence-electron chi connectivity index (χ4n) is 6.01. The van der Waals surface area contributed by atoms with Crippen molar-refractivity contribution in [2.24, 2.45) is 12.5 Å². The third-order valence-electron chi connectivity index (χ3n) is 8.04. The number of nitrogens with zero attached hydrogens (tertiary/aromatic N) is 4. The molecule has 0 aromatic carbocycles. The van der Waals surface area contributed by atoms with Gasteiger partial charge >= 0.3 is 24.0 Å². The Kier molecular flexibility index (Phi) is 9.50. The van der Waals surface area contributed by atoms with Gasteiger partial charge in [-0.15, -0.1) is 0 Å². The molecule has 1 aromatic heterocycles. The first kappa shape index (κ1) is 31.3. The number of aryl methyl sites for hydroxylation is 1. The quantitative estimate of drug-likeness (QED) is 0.379. The summed E-state index contributed by atoms with van der Waals surface area (Å²) in [6, 6.07) is 2.87. The second-order valence-corrected chi connectivity index (χ2v) is 12.4. The highest BCUT2D eigenvalue weighted by Gasteiger charge is 2.51. The van der Waals surface area contributed by atoms with Gasteiger partial charge in [-0.05, 0) is 77.4 Å². The predicted molar refractivity (Wildman–Crippen MR) is 142 cm³/mol. The van der Waals surface area contributed by atoms with Gasteiger partial charge in [0.25, 0.3) is 0 Å². The highest BCUT2D eigenvalue weighted by Crippen LogP contribution is 2.51. The number of hydrogen-bond acceptors (Lipinski definition) is 8. The molecule has 1 spiro atoms. The van der Waals surface area contributed by atoms with Crippen LogP contribution in [0.1, 0.15) is 77.3 Å². The third kappa shape index (κ3) is 7.94. The maximum Gasteiger partial charge on any atom is 0.410 e. The van der Waals surface area contributed by atoms with E-state index in [4.69, 9.17) is 25.2 Å². The molecule has 2 aliphatic heterocycles. The Morgan fingerprint density at radius 2 is 1.60 bits per heavy atom. The van der Waals surface area contributed by atoms with Crippen molar-refractivity contribution in [1.29, 1.82) is 0 Å². The first-order valence-electron chi connectivity index (χ1n) is 13.6. The van der Waals surface area contributed by atoms with E-state index in [0.29, 0.717) is 17.4 Å². The standard InChI is InChI=1S/C21H34N4O2.C6H8O7/c1-20(2,3)27-19(26)25-12-8-21(15-25)13-17(14-21)24-10-6-16(7-11-24)18-5-9-22-23(18)4;7-3(8)1-6(13,5(11)12)2-4(9)10/h5,9,16-17H,6-8,10-15H2,1-4H3;13H,1-2H2,(H,7,8)(H,9,10)(H,11,12). The van der Waals surface area contributed by atoms with Crippen LogP contribution in [0.5, 0.6) is 0 Å². The number of ether oxygens (including phenoxy) is 1. The molecule has 1 aromatic rings. The van der Waals surface area contributed by atoms with Crippen LogP contribution in [0.15, 0.2) is 12.3 Å². The smallest absolute Gasteiger partial charge is 0.410 e. The fourth-order valence-corrected chi connectivity index (χ4v) is 6.01. The van der Waals surface area contributed by atoms with E-state index in [1.165, 1.54) is 44.5 Å². The molecule has 1 amide bonds. The molecule has 0 unspecified atom stereocenters. The van der Waals surface area contributed by atoms with Crippen LogP contribution in [0, 0.1) is 5.41 Å². The van der Waals surface area contributed by atoms with Crippen LogP contribution < -0.4 is 0 Å². The molecule has 13 nitrogen and oxygen atoms in total. The zero-order valence-electron chi connectivity index (χ0n) is 23.7. The van der Waals surface area contributed by atoms with E-state index in [0.717, 1.165) is 19.5 Å². The van der Waals surface area contributed by atoms with Crippen LogP contribution in [0.25, 0.3) is 0 Å². The predicted octanol–water partition coefficient (Wildman–Crippen LogP) is 2.14. The van der Waals surface area contributed by atoms with Crippen LogP contribution >= 0.6 is 0 Å². The van der Waals surface area contributed by atoms with Crippen molar-refractivity contribution < 1.29 is 44.3 Å². The van der Waals surface area contributed by atoms with Gasteiger partial charge < -0.3 is 35.0 Å². The number of rotatable bonds is 7. The number of hydrogen-bond donors (Lipinski definition) is 4. The van der Waals surface area contributed by atoms with Crippen molar-refractivity contribution in [3.63, 3.8) is 0 Å². The SMILES string of the molecule is Cn1nccc1C1CCN(C2CC3(CCN(C(=O)OC(C)(C)C)C3)C2)CC1.O=C(O)CC(O)(CC(=O)O)C(=O)O. The number of amides is 1. The topological polar surface area (TPSA) is 183 Å². The van der Waals surface area contributed by atoms with E-state index in [-0.39, 0.29) is 6.09 Å². The minimum absolute atomic E-state index is 0.139. The molecule has 1 aliphatic carbocycles. The number of aromatic nitrogens is 2. The summed E-state index contributed by atoms with van der Waals surface area (Å²) in [7, 11) is 2.05. The Labute approximate surface area is 233 Å². The number of carbonyl (C=O) groups is 4. The van der Waals surface area contributed by atoms with Gasteiger partial charge in [0.05, 0.1) is 12.8 Å². The van der Waals surface area contributed by atoms with Crippen LogP contribution in [-0.4, -0.2) is 107 Å². The average molecular weight is 567 g/mol. The number of piperidine rings is 1. The lowest BCUT2D eigenvalue weighted by atomic mass is 9.64. The molecular formula is C27H42N4O9. The summed E-state index contributed by atoms with van der Waals surface area (Å²) < 4.78 is 7.58. The van der Waals surface area contributed by atoms with Gasteiger partial charge in [0, 0.05) is 44.0 Å². The molecule has 3 aliphatic rings. The molecule has 1 saturated carbocycles. The summed E-state index contributed by atoms with van der Waals surface area (Å²) in [6.07, 6.45) is 5.55. The number of likely N-dealkylation sites (tertiary alicyclic amines) is 2. The zero-order valence-corrected chi connectivity index (χ0v) is 23.7. The molecule has 3 heterocycles. The molecule has 3 fully saturated rings. The molecule has 4 rings (SSSR count). The zero-order chi connectivity index (χ0) is 29.9. The number of carbonyl (C=O) groups excluding carboxylic acids is 1. The Morgan fingerprint density at radius 3 is 2.05 bits per heavy atom. The van der Waals surface area contributed by atoms with Crippen LogP contribution in [0.3, 0.4) is 0 Å². The van der Waals surface area contributed by atoms with Gasteiger partial charge in [-0.25, -0.2) is 9.59 Å². The summed E-state index contributed by atoms with van der Waals surface area (Å²) in [4.78, 5) is 47.4. The molecule has 224 valence electrons. The molecule has 0 radical (unpaired) electrons. The maximum atomic E-state index is 12.3. The lowest BCUT2D eigenvalue weighted by Gasteiger charge is -2.51. The molecule has 40 heavy (non-hydrogen) atoms. The number of aliphatic hydroxyl groups is 1. The average Bonchev–Trinajstić information content (AvgIpc) is 3.43. The normalized spacial score (nSPS) is 23.7. The van der Waals surface area contributed by atoms with E-state index in [1.807, 2.05) is 43.6 Å². The van der Waals surface area contributed by atoms with Gasteiger partial charge in [-0.2, -0.15) is 5.10 Å². The van der Waals surface area contributed by atoms with Gasteiger partial charge in [0.2, 0.25) is 0 Å². The van der Waals surface area contributed by atoms with Crippen LogP contribution in [0.4, 0.5) is 4.79 Å². The monoisotopic (exact) mass is 566 g/mol. The van der Waals surface area contributed by atoms with Crippen molar-refractivity contribution in [2.75, 3.05) is 26.2 Å². The summed E-state index contributed by atoms with van der Waals surface area (Å²) in [5.41, 5.74) is -1.42. The highest BCUT2D eigenvalue weighted by molar-refractivity contribution is 5.88. The third-order valence-corrected chi connectivity index (χ3v) is 8.04. The number of carboxylic acid groups (broad SMARTS) is 3. The first-order valence-corrected chi connectivity index (χ1v) is 13.6. The Morgan fingerprint density at radius 1 is 1.02 bits per heavy atom. The van der Waals surface area contributed by atoms with Crippen molar-refractivity contribution in [3.05, 3.63) is 18.0 Å². The first-order chi connectivity index (χ1) is 18.5. The number of carboxylic acids is 3. The molecule has 0 atom stereocenters. The van der Waals surface area contributed by atoms with E-state index in [1.54, 1.807) is 0 Å². The minimum atomic E-state index is -2.74. The molecule has 4 N–H and O–H groups in total. The Hall–Kier alpha value is -3.19. The summed E-state index contributed by atoms with van der Waals surface area (Å²) in [6.45, 7) is 9.91. The van der Waals surface area contributed by atoms with Gasteiger partial charge in [-0.3, -0.25) is 14.3 Å². The molecule has 13 heteroatoms. The lowest BCUT2D eigenvalue weighted by Crippen LogP contribution is -2.54. The van der Waals surface area contributed by atoms with E-state index in [2.05, 4.69) is 16.1 Å². The van der Waals surface area contributed by atoms with E-state index >= 15 is 0 Å². The van der Waals surface area contributed by atoms with Crippen molar-refractivity contribution in [1.82, 2.24) is 19.6 Å². The summed E-state index contributed by atoms with van der Waals surface area (Å²) in [5, 5.41) is 38.1. The molecule has 0 bridgehead atoms. The lowest BCUT2D eigenvalue weighted by molar-refractivity contribution is -0.170. The largest absolute Gasteiger partial charge is 0.481 e. The highest BCUT2D eigenvalue weighted by atomic mass is 16.6.